The monoisotopic (exact) mass is 268 g/mol. The number of carbonyl (C=O) groups excluding carboxylic acids is 4. The van der Waals surface area contributed by atoms with Crippen LogP contribution in [0.25, 0.3) is 0 Å². The molecule has 18 heavy (non-hydrogen) atoms. The summed E-state index contributed by atoms with van der Waals surface area (Å²) in [7, 11) is 0. The number of amides is 4. The molecule has 0 aliphatic carbocycles. The van der Waals surface area contributed by atoms with Gasteiger partial charge in [-0.3, -0.25) is 9.59 Å². The second kappa shape index (κ2) is 29.4. The number of urea groups is 1. The zero-order chi connectivity index (χ0) is 14.3. The van der Waals surface area contributed by atoms with Gasteiger partial charge in [0, 0.05) is 13.8 Å². The van der Waals surface area contributed by atoms with E-state index in [1.54, 1.807) is 0 Å². The van der Waals surface area contributed by atoms with Gasteiger partial charge in [-0.05, 0) is 13.8 Å². The molecule has 0 aromatic rings. The van der Waals surface area contributed by atoms with Crippen molar-refractivity contribution >= 4 is 23.6 Å². The summed E-state index contributed by atoms with van der Waals surface area (Å²) in [4.78, 5) is 36.9. The van der Waals surface area contributed by atoms with Crippen LogP contribution in [0.15, 0.2) is 0 Å². The first kappa shape index (κ1) is 36.0. The standard InChI is InChI=1S/C3H6O.2C2H5NO.CH4N2O.2CH4/c1-3(2)4;2*1-2(3)4;2-1(3)4;;/h1-2H3;2*1H3,(H2,3,4);(H4,2,3,4);2*1H4. The molecule has 8 N–H and O–H groups in total. The molecule has 0 saturated carbocycles. The minimum Gasteiger partial charge on any atom is -0.370 e. The van der Waals surface area contributed by atoms with E-state index in [2.05, 4.69) is 22.9 Å². The third kappa shape index (κ3) is 512. The molecule has 0 aliphatic rings. The number of carbonyl (C=O) groups is 4. The molecule has 4 amide bonds. The van der Waals surface area contributed by atoms with Gasteiger partial charge in [0.25, 0.3) is 0 Å². The van der Waals surface area contributed by atoms with Gasteiger partial charge in [0.1, 0.15) is 5.78 Å². The minimum absolute atomic E-state index is 0. The van der Waals surface area contributed by atoms with Crippen LogP contribution in [-0.4, -0.2) is 23.6 Å². The van der Waals surface area contributed by atoms with Crippen LogP contribution in [0.2, 0.25) is 0 Å². The molecule has 0 rings (SSSR count). The van der Waals surface area contributed by atoms with E-state index in [1.807, 2.05) is 0 Å². The number of hydrogen-bond acceptors (Lipinski definition) is 4. The molecule has 0 heterocycles. The first-order valence-electron chi connectivity index (χ1n) is 3.97. The molecule has 8 nitrogen and oxygen atoms in total. The van der Waals surface area contributed by atoms with Crippen LogP contribution in [0.1, 0.15) is 42.5 Å². The molecule has 0 saturated heterocycles. The summed E-state index contributed by atoms with van der Waals surface area (Å²) in [6.07, 6.45) is 0. The summed E-state index contributed by atoms with van der Waals surface area (Å²) in [6.45, 7) is 5.67. The molecular formula is C10H28N4O4. The molecule has 112 valence electrons. The lowest BCUT2D eigenvalue weighted by molar-refractivity contribution is -0.116. The van der Waals surface area contributed by atoms with Gasteiger partial charge in [-0.25, -0.2) is 4.79 Å². The highest BCUT2D eigenvalue weighted by molar-refractivity contribution is 5.72. The Morgan fingerprint density at radius 3 is 0.611 bits per heavy atom. The van der Waals surface area contributed by atoms with Crippen molar-refractivity contribution in [3.8, 4) is 0 Å². The highest BCUT2D eigenvalue weighted by Gasteiger charge is 1.62. The summed E-state index contributed by atoms with van der Waals surface area (Å²) in [5.41, 5.74) is 17.4. The number of primary amides is 4. The molecule has 0 aliphatic heterocycles. The Bertz CT molecular complexity index is 166. The number of hydrogen-bond donors (Lipinski definition) is 4. The molecular weight excluding hydrogens is 240 g/mol. The van der Waals surface area contributed by atoms with Crippen molar-refractivity contribution in [2.75, 3.05) is 0 Å². The SMILES string of the molecule is C.C.CC(C)=O.CC(N)=O.CC(N)=O.NC(N)=O. The van der Waals surface area contributed by atoms with Crippen molar-refractivity contribution in [3.05, 3.63) is 0 Å². The average molecular weight is 268 g/mol. The predicted octanol–water partition coefficient (Wildman–Crippen LogP) is -0.125. The normalized spacial score (nSPS) is 5.56. The Hall–Kier alpha value is -2.12. The smallest absolute Gasteiger partial charge is 0.309 e. The van der Waals surface area contributed by atoms with Gasteiger partial charge < -0.3 is 27.7 Å². The number of Topliss-reactive ketones (excluding diaryl/α,β-unsaturated/α-hetero) is 1. The van der Waals surface area contributed by atoms with Gasteiger partial charge in [0.05, 0.1) is 0 Å². The predicted molar refractivity (Wildman–Crippen MR) is 73.3 cm³/mol. The van der Waals surface area contributed by atoms with E-state index in [1.165, 1.54) is 27.7 Å². The van der Waals surface area contributed by atoms with Crippen molar-refractivity contribution in [2.45, 2.75) is 42.5 Å². The molecule has 0 aromatic heterocycles. The van der Waals surface area contributed by atoms with E-state index in [0.717, 1.165) is 0 Å². The number of nitrogens with two attached hydrogens (primary N) is 4. The van der Waals surface area contributed by atoms with E-state index in [0.29, 0.717) is 0 Å². The maximum atomic E-state index is 9.44. The lowest BCUT2D eigenvalue weighted by Crippen LogP contribution is -2.18. The van der Waals surface area contributed by atoms with Crippen molar-refractivity contribution in [3.63, 3.8) is 0 Å². The topological polar surface area (TPSA) is 172 Å². The highest BCUT2D eigenvalue weighted by atomic mass is 16.2. The number of rotatable bonds is 0. The first-order valence-corrected chi connectivity index (χ1v) is 3.97. The molecule has 0 radical (unpaired) electrons. The van der Waals surface area contributed by atoms with E-state index in [4.69, 9.17) is 4.79 Å². The molecule has 0 aromatic carbocycles. The summed E-state index contributed by atoms with van der Waals surface area (Å²) < 4.78 is 0. The number of ketones is 1. The molecule has 0 fully saturated rings. The first-order chi connectivity index (χ1) is 6.93. The Balaban J connectivity index is -0.0000000257. The van der Waals surface area contributed by atoms with Gasteiger partial charge in [0.2, 0.25) is 11.8 Å². The lowest BCUT2D eigenvalue weighted by Gasteiger charge is -1.62. The molecule has 8 heteroatoms. The van der Waals surface area contributed by atoms with Crippen molar-refractivity contribution in [1.29, 1.82) is 0 Å². The van der Waals surface area contributed by atoms with Crippen molar-refractivity contribution in [1.82, 2.24) is 0 Å². The largest absolute Gasteiger partial charge is 0.370 e. The van der Waals surface area contributed by atoms with Crippen LogP contribution < -0.4 is 22.9 Å². The summed E-state index contributed by atoms with van der Waals surface area (Å²) in [5, 5.41) is 0. The van der Waals surface area contributed by atoms with Crippen LogP contribution in [-0.2, 0) is 14.4 Å². The zero-order valence-electron chi connectivity index (χ0n) is 9.94. The van der Waals surface area contributed by atoms with E-state index in [9.17, 15) is 14.4 Å². The molecule has 0 unspecified atom stereocenters. The second-order valence-electron chi connectivity index (χ2n) is 2.53. The third-order valence-electron chi connectivity index (χ3n) is 0. The van der Waals surface area contributed by atoms with Crippen molar-refractivity contribution in [2.24, 2.45) is 22.9 Å². The van der Waals surface area contributed by atoms with Gasteiger partial charge in [-0.2, -0.15) is 0 Å². The van der Waals surface area contributed by atoms with Crippen LogP contribution in [0.3, 0.4) is 0 Å². The van der Waals surface area contributed by atoms with Crippen molar-refractivity contribution < 1.29 is 19.2 Å². The Morgan fingerprint density at radius 2 is 0.611 bits per heavy atom. The highest BCUT2D eigenvalue weighted by Crippen LogP contribution is 1.50. The van der Waals surface area contributed by atoms with Gasteiger partial charge in [0.15, 0.2) is 0 Å². The zero-order valence-corrected chi connectivity index (χ0v) is 9.94. The Kier molecular flexibility index (Phi) is 58.8. The van der Waals surface area contributed by atoms with E-state index in [-0.39, 0.29) is 32.5 Å². The summed E-state index contributed by atoms with van der Waals surface area (Å²) in [5.74, 6) is -0.500. The van der Waals surface area contributed by atoms with E-state index < -0.39 is 6.03 Å². The maximum absolute atomic E-state index is 9.44. The lowest BCUT2D eigenvalue weighted by atomic mass is 10.6. The summed E-state index contributed by atoms with van der Waals surface area (Å²) >= 11 is 0. The average Bonchev–Trinajstić information content (AvgIpc) is 1.76. The summed E-state index contributed by atoms with van der Waals surface area (Å²) in [6, 6.07) is -0.833. The maximum Gasteiger partial charge on any atom is 0.309 e. The third-order valence-corrected chi connectivity index (χ3v) is 0. The minimum atomic E-state index is -0.833. The Labute approximate surface area is 109 Å². The van der Waals surface area contributed by atoms with Crippen LogP contribution in [0, 0.1) is 0 Å². The molecule has 0 atom stereocenters. The quantitative estimate of drug-likeness (QED) is 0.479. The van der Waals surface area contributed by atoms with Gasteiger partial charge >= 0.3 is 6.03 Å². The molecule has 0 spiro atoms. The Morgan fingerprint density at radius 1 is 0.611 bits per heavy atom. The van der Waals surface area contributed by atoms with Gasteiger partial charge in [-0.15, -0.1) is 0 Å². The fourth-order valence-corrected chi connectivity index (χ4v) is 0. The van der Waals surface area contributed by atoms with Crippen LogP contribution in [0.5, 0.6) is 0 Å². The van der Waals surface area contributed by atoms with Crippen LogP contribution in [0.4, 0.5) is 4.79 Å². The molecule has 0 bridgehead atoms. The van der Waals surface area contributed by atoms with E-state index >= 15 is 0 Å². The fraction of sp³-hybridized carbons (Fsp3) is 0.600. The fourth-order valence-electron chi connectivity index (χ4n) is 0. The van der Waals surface area contributed by atoms with Gasteiger partial charge in [-0.1, -0.05) is 14.9 Å². The van der Waals surface area contributed by atoms with Crippen LogP contribution >= 0.6 is 0 Å². The second-order valence-corrected chi connectivity index (χ2v) is 2.53.